The third kappa shape index (κ3) is 4.32. The molecule has 1 heterocycles. The number of anilines is 1. The number of amides is 1. The topological polar surface area (TPSA) is 76.1 Å². The second kappa shape index (κ2) is 5.60. The molecule has 1 aromatic rings. The number of carbonyl (C=O) groups is 1. The van der Waals surface area contributed by atoms with Gasteiger partial charge < -0.3 is 15.4 Å². The SMILES string of the molecule is CC(C)(C)OC(=O)NC1CC(Nc2ncc(F)cn2)C1. The van der Waals surface area contributed by atoms with Crippen LogP contribution < -0.4 is 10.6 Å². The number of hydrogen-bond donors (Lipinski definition) is 2. The predicted molar refractivity (Wildman–Crippen MR) is 71.8 cm³/mol. The van der Waals surface area contributed by atoms with Crippen molar-refractivity contribution < 1.29 is 13.9 Å². The van der Waals surface area contributed by atoms with Crippen molar-refractivity contribution in [3.63, 3.8) is 0 Å². The summed E-state index contributed by atoms with van der Waals surface area (Å²) >= 11 is 0. The van der Waals surface area contributed by atoms with E-state index in [2.05, 4.69) is 20.6 Å². The van der Waals surface area contributed by atoms with Gasteiger partial charge in [-0.3, -0.25) is 0 Å². The first-order valence-electron chi connectivity index (χ1n) is 6.55. The van der Waals surface area contributed by atoms with E-state index in [4.69, 9.17) is 4.74 Å². The van der Waals surface area contributed by atoms with Gasteiger partial charge in [0.25, 0.3) is 0 Å². The van der Waals surface area contributed by atoms with Crippen LogP contribution in [0.4, 0.5) is 15.1 Å². The minimum Gasteiger partial charge on any atom is -0.444 e. The van der Waals surface area contributed by atoms with Crippen molar-refractivity contribution in [1.29, 1.82) is 0 Å². The summed E-state index contributed by atoms with van der Waals surface area (Å²) in [6.07, 6.45) is 3.36. The number of carbonyl (C=O) groups excluding carboxylic acids is 1. The number of hydrogen-bond acceptors (Lipinski definition) is 5. The Kier molecular flexibility index (Phi) is 4.06. The summed E-state index contributed by atoms with van der Waals surface area (Å²) in [5.74, 6) is -0.0688. The Hall–Kier alpha value is -1.92. The van der Waals surface area contributed by atoms with Crippen molar-refractivity contribution in [2.75, 3.05) is 5.32 Å². The van der Waals surface area contributed by atoms with Gasteiger partial charge in [-0.05, 0) is 33.6 Å². The molecular formula is C13H19FN4O2. The highest BCUT2D eigenvalue weighted by Crippen LogP contribution is 2.23. The van der Waals surface area contributed by atoms with E-state index in [-0.39, 0.29) is 12.1 Å². The molecule has 1 fully saturated rings. The molecule has 0 unspecified atom stereocenters. The number of alkyl carbamates (subject to hydrolysis) is 1. The maximum atomic E-state index is 12.6. The standard InChI is InChI=1S/C13H19FN4O2/c1-13(2,3)20-12(19)18-10-4-9(5-10)17-11-15-6-8(14)7-16-11/h6-7,9-10H,4-5H2,1-3H3,(H,18,19)(H,15,16,17). The minimum atomic E-state index is -0.493. The summed E-state index contributed by atoms with van der Waals surface area (Å²) < 4.78 is 17.8. The van der Waals surface area contributed by atoms with Crippen LogP contribution in [0.15, 0.2) is 12.4 Å². The Bertz CT molecular complexity index is 466. The third-order valence-corrected chi connectivity index (χ3v) is 2.81. The maximum absolute atomic E-state index is 12.6. The van der Waals surface area contributed by atoms with Gasteiger partial charge >= 0.3 is 6.09 Å². The molecule has 1 aromatic heterocycles. The number of aromatic nitrogens is 2. The number of nitrogens with one attached hydrogen (secondary N) is 2. The predicted octanol–water partition coefficient (Wildman–Crippen LogP) is 2.08. The second-order valence-corrected chi connectivity index (χ2v) is 5.88. The minimum absolute atomic E-state index is 0.0859. The van der Waals surface area contributed by atoms with Crippen LogP contribution in [0.3, 0.4) is 0 Å². The van der Waals surface area contributed by atoms with Crippen LogP contribution in [0, 0.1) is 5.82 Å². The van der Waals surface area contributed by atoms with Gasteiger partial charge in [0.05, 0.1) is 12.4 Å². The third-order valence-electron chi connectivity index (χ3n) is 2.81. The summed E-state index contributed by atoms with van der Waals surface area (Å²) in [7, 11) is 0. The molecule has 1 saturated carbocycles. The number of rotatable bonds is 3. The molecule has 1 aliphatic carbocycles. The van der Waals surface area contributed by atoms with E-state index in [9.17, 15) is 9.18 Å². The van der Waals surface area contributed by atoms with Crippen LogP contribution in [-0.2, 0) is 4.74 Å². The smallest absolute Gasteiger partial charge is 0.407 e. The molecule has 0 atom stereocenters. The first kappa shape index (κ1) is 14.5. The normalized spacial score (nSPS) is 21.8. The molecule has 0 aromatic carbocycles. The molecule has 1 aliphatic rings. The van der Waals surface area contributed by atoms with Gasteiger partial charge in [0.15, 0.2) is 5.82 Å². The number of ether oxygens (including phenoxy) is 1. The molecule has 0 spiro atoms. The van der Waals surface area contributed by atoms with Gasteiger partial charge in [-0.15, -0.1) is 0 Å². The lowest BCUT2D eigenvalue weighted by Crippen LogP contribution is -2.50. The highest BCUT2D eigenvalue weighted by atomic mass is 19.1. The molecule has 2 rings (SSSR count). The van der Waals surface area contributed by atoms with Crippen LogP contribution in [0.5, 0.6) is 0 Å². The van der Waals surface area contributed by atoms with Crippen LogP contribution in [0.25, 0.3) is 0 Å². The molecule has 0 radical (unpaired) electrons. The Morgan fingerprint density at radius 3 is 2.45 bits per heavy atom. The lowest BCUT2D eigenvalue weighted by molar-refractivity contribution is 0.0475. The molecule has 110 valence electrons. The Morgan fingerprint density at radius 1 is 1.30 bits per heavy atom. The summed E-state index contributed by atoms with van der Waals surface area (Å²) in [6.45, 7) is 5.47. The van der Waals surface area contributed by atoms with Crippen molar-refractivity contribution in [2.24, 2.45) is 0 Å². The van der Waals surface area contributed by atoms with E-state index < -0.39 is 17.5 Å². The Labute approximate surface area is 117 Å². The first-order chi connectivity index (χ1) is 9.32. The molecule has 20 heavy (non-hydrogen) atoms. The van der Waals surface area contributed by atoms with Gasteiger partial charge in [0, 0.05) is 12.1 Å². The van der Waals surface area contributed by atoms with Gasteiger partial charge in [-0.2, -0.15) is 0 Å². The maximum Gasteiger partial charge on any atom is 0.407 e. The lowest BCUT2D eigenvalue weighted by Gasteiger charge is -2.36. The van der Waals surface area contributed by atoms with Crippen molar-refractivity contribution in [2.45, 2.75) is 51.3 Å². The van der Waals surface area contributed by atoms with Gasteiger partial charge in [-0.25, -0.2) is 19.2 Å². The molecule has 6 nitrogen and oxygen atoms in total. The van der Waals surface area contributed by atoms with E-state index in [0.29, 0.717) is 5.95 Å². The van der Waals surface area contributed by atoms with Crippen LogP contribution in [0.2, 0.25) is 0 Å². The fraction of sp³-hybridized carbons (Fsp3) is 0.615. The fourth-order valence-corrected chi connectivity index (χ4v) is 1.90. The van der Waals surface area contributed by atoms with E-state index in [1.54, 1.807) is 0 Å². The van der Waals surface area contributed by atoms with Crippen molar-refractivity contribution in [3.8, 4) is 0 Å². The largest absolute Gasteiger partial charge is 0.444 e. The summed E-state index contributed by atoms with van der Waals surface area (Å²) in [6, 6.07) is 0.267. The highest BCUT2D eigenvalue weighted by molar-refractivity contribution is 5.68. The molecule has 2 N–H and O–H groups in total. The van der Waals surface area contributed by atoms with Crippen molar-refractivity contribution in [3.05, 3.63) is 18.2 Å². The summed E-state index contributed by atoms with van der Waals surface area (Å²) in [5, 5.41) is 5.87. The zero-order valence-electron chi connectivity index (χ0n) is 11.8. The van der Waals surface area contributed by atoms with E-state index in [1.165, 1.54) is 0 Å². The average molecular weight is 282 g/mol. The van der Waals surface area contributed by atoms with Gasteiger partial charge in [0.2, 0.25) is 5.95 Å². The second-order valence-electron chi connectivity index (χ2n) is 5.88. The molecule has 0 saturated heterocycles. The fourth-order valence-electron chi connectivity index (χ4n) is 1.90. The summed E-state index contributed by atoms with van der Waals surface area (Å²) in [5.41, 5.74) is -0.493. The molecular weight excluding hydrogens is 263 g/mol. The van der Waals surface area contributed by atoms with E-state index in [1.807, 2.05) is 20.8 Å². The van der Waals surface area contributed by atoms with Crippen molar-refractivity contribution >= 4 is 12.0 Å². The van der Waals surface area contributed by atoms with Gasteiger partial charge in [0.1, 0.15) is 5.60 Å². The van der Waals surface area contributed by atoms with Crippen LogP contribution >= 0.6 is 0 Å². The molecule has 7 heteroatoms. The first-order valence-corrected chi connectivity index (χ1v) is 6.55. The van der Waals surface area contributed by atoms with Crippen molar-refractivity contribution in [1.82, 2.24) is 15.3 Å². The van der Waals surface area contributed by atoms with Crippen LogP contribution in [-0.4, -0.2) is 33.7 Å². The number of halogens is 1. The average Bonchev–Trinajstić information content (AvgIpc) is 2.26. The molecule has 0 bridgehead atoms. The zero-order valence-corrected chi connectivity index (χ0v) is 11.8. The van der Waals surface area contributed by atoms with Crippen LogP contribution in [0.1, 0.15) is 33.6 Å². The molecule has 0 aliphatic heterocycles. The Balaban J connectivity index is 1.70. The van der Waals surface area contributed by atoms with E-state index in [0.717, 1.165) is 25.2 Å². The Morgan fingerprint density at radius 2 is 1.90 bits per heavy atom. The summed E-state index contributed by atoms with van der Waals surface area (Å²) in [4.78, 5) is 19.2. The zero-order chi connectivity index (χ0) is 14.8. The lowest BCUT2D eigenvalue weighted by atomic mass is 9.87. The van der Waals surface area contributed by atoms with E-state index >= 15 is 0 Å². The highest BCUT2D eigenvalue weighted by Gasteiger charge is 2.32. The van der Waals surface area contributed by atoms with Gasteiger partial charge in [-0.1, -0.05) is 0 Å². The quantitative estimate of drug-likeness (QED) is 0.887. The monoisotopic (exact) mass is 282 g/mol. The molecule has 1 amide bonds. The number of nitrogens with zero attached hydrogens (tertiary/aromatic N) is 2.